The summed E-state index contributed by atoms with van der Waals surface area (Å²) in [7, 11) is 0. The summed E-state index contributed by atoms with van der Waals surface area (Å²) in [6.45, 7) is 4.45. The molecule has 2 heterocycles. The van der Waals surface area contributed by atoms with E-state index < -0.39 is 16.8 Å². The van der Waals surface area contributed by atoms with E-state index in [2.05, 4.69) is 4.98 Å². The zero-order valence-electron chi connectivity index (χ0n) is 10.7. The molecule has 1 saturated heterocycles. The molecule has 2 rings (SSSR count). The molecule has 7 nitrogen and oxygen atoms in total. The Labute approximate surface area is 110 Å². The molecule has 1 aliphatic heterocycles. The number of hydrogen-bond acceptors (Lipinski definition) is 5. The highest BCUT2D eigenvalue weighted by Crippen LogP contribution is 2.28. The average Bonchev–Trinajstić information content (AvgIpc) is 2.70. The van der Waals surface area contributed by atoms with E-state index in [9.17, 15) is 14.9 Å². The minimum Gasteiger partial charge on any atom is -0.481 e. The van der Waals surface area contributed by atoms with Crippen molar-refractivity contribution in [2.24, 2.45) is 11.8 Å². The van der Waals surface area contributed by atoms with Crippen LogP contribution in [0.25, 0.3) is 0 Å². The van der Waals surface area contributed by atoms with Gasteiger partial charge in [-0.3, -0.25) is 14.9 Å². The zero-order chi connectivity index (χ0) is 14.2. The monoisotopic (exact) mass is 265 g/mol. The molecular weight excluding hydrogens is 250 g/mol. The molecule has 0 spiro atoms. The maximum Gasteiger partial charge on any atom is 0.308 e. The van der Waals surface area contributed by atoms with Gasteiger partial charge in [0.2, 0.25) is 0 Å². The fraction of sp³-hybridized carbons (Fsp3) is 0.500. The highest BCUT2D eigenvalue weighted by Gasteiger charge is 2.35. The van der Waals surface area contributed by atoms with Crippen LogP contribution in [0.5, 0.6) is 0 Å². The standard InChI is InChI=1S/C12H15N3O4/c1-7-5-14(6-9(7)12(16)17)11-4-3-10(15(18)19)8(2)13-11/h3-4,7,9H,5-6H2,1-2H3,(H,16,17)/t7-,9-/m1/s1. The first-order valence-corrected chi connectivity index (χ1v) is 6.00. The van der Waals surface area contributed by atoms with Gasteiger partial charge in [-0.15, -0.1) is 0 Å². The van der Waals surface area contributed by atoms with Crippen LogP contribution in [0.15, 0.2) is 12.1 Å². The van der Waals surface area contributed by atoms with Crippen molar-refractivity contribution in [1.82, 2.24) is 4.98 Å². The topological polar surface area (TPSA) is 96.6 Å². The first-order chi connectivity index (χ1) is 8.90. The summed E-state index contributed by atoms with van der Waals surface area (Å²) in [5.74, 6) is -0.598. The van der Waals surface area contributed by atoms with Crippen molar-refractivity contribution in [3.8, 4) is 0 Å². The number of hydrogen-bond donors (Lipinski definition) is 1. The summed E-state index contributed by atoms with van der Waals surface area (Å²) in [4.78, 5) is 27.4. The third kappa shape index (κ3) is 2.49. The quantitative estimate of drug-likeness (QED) is 0.656. The second kappa shape index (κ2) is 4.83. The van der Waals surface area contributed by atoms with Crippen molar-refractivity contribution in [1.29, 1.82) is 0 Å². The number of nitrogens with zero attached hydrogens (tertiary/aromatic N) is 3. The molecule has 1 N–H and O–H groups in total. The molecule has 1 aliphatic rings. The van der Waals surface area contributed by atoms with E-state index in [1.807, 2.05) is 11.8 Å². The van der Waals surface area contributed by atoms with Crippen LogP contribution in [0.2, 0.25) is 0 Å². The summed E-state index contributed by atoms with van der Waals surface area (Å²) >= 11 is 0. The predicted octanol–water partition coefficient (Wildman–Crippen LogP) is 1.46. The van der Waals surface area contributed by atoms with E-state index >= 15 is 0 Å². The molecule has 0 aliphatic carbocycles. The van der Waals surface area contributed by atoms with Crippen LogP contribution >= 0.6 is 0 Å². The Kier molecular flexibility index (Phi) is 3.37. The number of aliphatic carboxylic acids is 1. The molecule has 0 bridgehead atoms. The van der Waals surface area contributed by atoms with E-state index in [1.54, 1.807) is 13.0 Å². The minimum absolute atomic E-state index is 0.0224. The fourth-order valence-electron chi connectivity index (χ4n) is 2.38. The van der Waals surface area contributed by atoms with Gasteiger partial charge in [0.15, 0.2) is 0 Å². The van der Waals surface area contributed by atoms with E-state index in [1.165, 1.54) is 6.07 Å². The van der Waals surface area contributed by atoms with Crippen molar-refractivity contribution >= 4 is 17.5 Å². The molecule has 0 saturated carbocycles. The van der Waals surface area contributed by atoms with Crippen LogP contribution in [-0.2, 0) is 4.79 Å². The van der Waals surface area contributed by atoms with E-state index in [-0.39, 0.29) is 11.6 Å². The predicted molar refractivity (Wildman–Crippen MR) is 68.1 cm³/mol. The Morgan fingerprint density at radius 2 is 2.21 bits per heavy atom. The molecule has 102 valence electrons. The molecule has 0 unspecified atom stereocenters. The van der Waals surface area contributed by atoms with E-state index in [4.69, 9.17) is 5.11 Å². The number of anilines is 1. The highest BCUT2D eigenvalue weighted by molar-refractivity contribution is 5.72. The fourth-order valence-corrected chi connectivity index (χ4v) is 2.38. The van der Waals surface area contributed by atoms with Crippen LogP contribution in [0.4, 0.5) is 11.5 Å². The van der Waals surface area contributed by atoms with Gasteiger partial charge in [-0.25, -0.2) is 4.98 Å². The van der Waals surface area contributed by atoms with Gasteiger partial charge in [-0.05, 0) is 18.9 Å². The minimum atomic E-state index is -0.811. The second-order valence-electron chi connectivity index (χ2n) is 4.86. The number of aromatic nitrogens is 1. The summed E-state index contributed by atoms with van der Waals surface area (Å²) < 4.78 is 0. The van der Waals surface area contributed by atoms with Gasteiger partial charge in [0, 0.05) is 19.2 Å². The molecule has 1 aromatic heterocycles. The van der Waals surface area contributed by atoms with Gasteiger partial charge in [0.05, 0.1) is 10.8 Å². The lowest BCUT2D eigenvalue weighted by atomic mass is 9.99. The second-order valence-corrected chi connectivity index (χ2v) is 4.86. The summed E-state index contributed by atoms with van der Waals surface area (Å²) in [5.41, 5.74) is 0.319. The smallest absolute Gasteiger partial charge is 0.308 e. The molecule has 19 heavy (non-hydrogen) atoms. The number of carbonyl (C=O) groups is 1. The third-order valence-corrected chi connectivity index (χ3v) is 3.49. The average molecular weight is 265 g/mol. The van der Waals surface area contributed by atoms with Gasteiger partial charge >= 0.3 is 5.97 Å². The normalized spacial score (nSPS) is 22.5. The summed E-state index contributed by atoms with van der Waals surface area (Å²) in [5, 5.41) is 19.8. The maximum atomic E-state index is 11.1. The summed E-state index contributed by atoms with van der Waals surface area (Å²) in [6, 6.07) is 2.98. The Bertz CT molecular complexity index is 532. The van der Waals surface area contributed by atoms with Crippen LogP contribution in [0, 0.1) is 28.9 Å². The van der Waals surface area contributed by atoms with Crippen LogP contribution < -0.4 is 4.90 Å². The maximum absolute atomic E-state index is 11.1. The van der Waals surface area contributed by atoms with Gasteiger partial charge in [0.25, 0.3) is 5.69 Å². The molecule has 0 aromatic carbocycles. The van der Waals surface area contributed by atoms with E-state index in [0.717, 1.165) is 0 Å². The first-order valence-electron chi connectivity index (χ1n) is 6.00. The van der Waals surface area contributed by atoms with Crippen molar-refractivity contribution in [2.45, 2.75) is 13.8 Å². The van der Waals surface area contributed by atoms with Gasteiger partial charge in [-0.2, -0.15) is 0 Å². The Morgan fingerprint density at radius 1 is 1.53 bits per heavy atom. The highest BCUT2D eigenvalue weighted by atomic mass is 16.6. The van der Waals surface area contributed by atoms with Crippen molar-refractivity contribution in [2.75, 3.05) is 18.0 Å². The number of carboxylic acid groups (broad SMARTS) is 1. The molecule has 1 aromatic rings. The zero-order valence-corrected chi connectivity index (χ0v) is 10.7. The van der Waals surface area contributed by atoms with Gasteiger partial charge in [-0.1, -0.05) is 6.92 Å². The lowest BCUT2D eigenvalue weighted by Crippen LogP contribution is -2.23. The molecule has 2 atom stereocenters. The molecule has 1 fully saturated rings. The van der Waals surface area contributed by atoms with Crippen LogP contribution in [0.1, 0.15) is 12.6 Å². The SMILES string of the molecule is Cc1nc(N2C[C@@H](C)[C@H](C(=O)O)C2)ccc1[N+](=O)[O-]. The summed E-state index contributed by atoms with van der Waals surface area (Å²) in [6.07, 6.45) is 0. The molecule has 0 amide bonds. The van der Waals surface area contributed by atoms with Gasteiger partial charge in [0.1, 0.15) is 11.5 Å². The van der Waals surface area contributed by atoms with Crippen LogP contribution in [-0.4, -0.2) is 34.1 Å². The number of aryl methyl sites for hydroxylation is 1. The first kappa shape index (κ1) is 13.3. The Morgan fingerprint density at radius 3 is 2.68 bits per heavy atom. The lowest BCUT2D eigenvalue weighted by molar-refractivity contribution is -0.385. The Balaban J connectivity index is 2.22. The number of nitro groups is 1. The van der Waals surface area contributed by atoms with Crippen molar-refractivity contribution < 1.29 is 14.8 Å². The Hall–Kier alpha value is -2.18. The largest absolute Gasteiger partial charge is 0.481 e. The number of carboxylic acids is 1. The van der Waals surface area contributed by atoms with Crippen LogP contribution in [0.3, 0.4) is 0 Å². The third-order valence-electron chi connectivity index (χ3n) is 3.49. The van der Waals surface area contributed by atoms with Gasteiger partial charge < -0.3 is 10.0 Å². The van der Waals surface area contributed by atoms with Crippen molar-refractivity contribution in [3.05, 3.63) is 27.9 Å². The number of pyridine rings is 1. The number of rotatable bonds is 3. The molecular formula is C12H15N3O4. The molecule has 0 radical (unpaired) electrons. The molecule has 7 heteroatoms. The van der Waals surface area contributed by atoms with E-state index in [0.29, 0.717) is 24.6 Å². The van der Waals surface area contributed by atoms with Crippen molar-refractivity contribution in [3.63, 3.8) is 0 Å². The lowest BCUT2D eigenvalue weighted by Gasteiger charge is -2.17.